The molecule has 0 fully saturated rings. The molecule has 0 spiro atoms. The van der Waals surface area contributed by atoms with E-state index in [2.05, 4.69) is 10.5 Å². The number of aromatic hydroxyl groups is 2. The minimum Gasteiger partial charge on any atom is -0.504 e. The SMILES string of the molecule is COc1ccc(C(=O)NN=Cc2ccc(O)c(O)c2)cc1OC. The van der Waals surface area contributed by atoms with E-state index >= 15 is 0 Å². The summed E-state index contributed by atoms with van der Waals surface area (Å²) in [5.41, 5.74) is 3.24. The summed E-state index contributed by atoms with van der Waals surface area (Å²) in [5.74, 6) is 0.0431. The minimum absolute atomic E-state index is 0.225. The highest BCUT2D eigenvalue weighted by Gasteiger charge is 2.10. The first-order valence-electron chi connectivity index (χ1n) is 6.62. The van der Waals surface area contributed by atoms with Crippen molar-refractivity contribution in [2.75, 3.05) is 14.2 Å². The molecule has 0 aliphatic carbocycles. The quantitative estimate of drug-likeness (QED) is 0.444. The predicted molar refractivity (Wildman–Crippen MR) is 84.4 cm³/mol. The van der Waals surface area contributed by atoms with Gasteiger partial charge >= 0.3 is 0 Å². The van der Waals surface area contributed by atoms with Gasteiger partial charge in [0.15, 0.2) is 23.0 Å². The Morgan fingerprint density at radius 3 is 2.43 bits per heavy atom. The number of phenolic OH excluding ortho intramolecular Hbond substituents is 2. The summed E-state index contributed by atoms with van der Waals surface area (Å²) in [7, 11) is 2.99. The zero-order valence-electron chi connectivity index (χ0n) is 12.6. The summed E-state index contributed by atoms with van der Waals surface area (Å²) >= 11 is 0. The van der Waals surface area contributed by atoms with Crippen molar-refractivity contribution in [3.8, 4) is 23.0 Å². The number of nitrogens with one attached hydrogen (secondary N) is 1. The van der Waals surface area contributed by atoms with Gasteiger partial charge in [-0.1, -0.05) is 0 Å². The number of benzene rings is 2. The van der Waals surface area contributed by atoms with Gasteiger partial charge in [-0.15, -0.1) is 0 Å². The standard InChI is InChI=1S/C16H16N2O5/c1-22-14-6-4-11(8-15(14)23-2)16(21)18-17-9-10-3-5-12(19)13(20)7-10/h3-9,19-20H,1-2H3,(H,18,21). The fourth-order valence-electron chi connectivity index (χ4n) is 1.83. The number of methoxy groups -OCH3 is 2. The molecule has 0 bridgehead atoms. The molecule has 2 aromatic rings. The van der Waals surface area contributed by atoms with Gasteiger partial charge < -0.3 is 19.7 Å². The number of amides is 1. The molecule has 0 saturated carbocycles. The number of carbonyl (C=O) groups excluding carboxylic acids is 1. The van der Waals surface area contributed by atoms with E-state index in [1.54, 1.807) is 18.2 Å². The van der Waals surface area contributed by atoms with Crippen molar-refractivity contribution in [3.63, 3.8) is 0 Å². The van der Waals surface area contributed by atoms with Gasteiger partial charge in [0.25, 0.3) is 5.91 Å². The van der Waals surface area contributed by atoms with Gasteiger partial charge in [-0.3, -0.25) is 4.79 Å². The highest BCUT2D eigenvalue weighted by molar-refractivity contribution is 5.95. The van der Waals surface area contributed by atoms with Crippen molar-refractivity contribution in [2.24, 2.45) is 5.10 Å². The van der Waals surface area contributed by atoms with Crippen LogP contribution >= 0.6 is 0 Å². The molecule has 0 unspecified atom stereocenters. The molecule has 7 nitrogen and oxygen atoms in total. The van der Waals surface area contributed by atoms with Gasteiger partial charge in [-0.25, -0.2) is 5.43 Å². The third-order valence-corrected chi connectivity index (χ3v) is 3.02. The Labute approximate surface area is 132 Å². The van der Waals surface area contributed by atoms with Crippen LogP contribution < -0.4 is 14.9 Å². The van der Waals surface area contributed by atoms with E-state index in [0.29, 0.717) is 22.6 Å². The summed E-state index contributed by atoms with van der Waals surface area (Å²) in [5, 5.41) is 22.4. The number of ether oxygens (including phenoxy) is 2. The average molecular weight is 316 g/mol. The lowest BCUT2D eigenvalue weighted by molar-refractivity contribution is 0.0954. The molecule has 23 heavy (non-hydrogen) atoms. The van der Waals surface area contributed by atoms with Crippen LogP contribution in [0.1, 0.15) is 15.9 Å². The van der Waals surface area contributed by atoms with Crippen molar-refractivity contribution >= 4 is 12.1 Å². The molecule has 3 N–H and O–H groups in total. The van der Waals surface area contributed by atoms with Crippen LogP contribution in [0.3, 0.4) is 0 Å². The molecule has 0 aromatic heterocycles. The maximum atomic E-state index is 12.0. The molecule has 1 amide bonds. The van der Waals surface area contributed by atoms with E-state index in [1.807, 2.05) is 0 Å². The fourth-order valence-corrected chi connectivity index (χ4v) is 1.83. The summed E-state index contributed by atoms with van der Waals surface area (Å²) < 4.78 is 10.2. The van der Waals surface area contributed by atoms with E-state index in [-0.39, 0.29) is 11.5 Å². The number of carbonyl (C=O) groups is 1. The molecular weight excluding hydrogens is 300 g/mol. The number of hydrogen-bond donors (Lipinski definition) is 3. The minimum atomic E-state index is -0.426. The van der Waals surface area contributed by atoms with Gasteiger partial charge in [0, 0.05) is 5.56 Å². The molecule has 0 aliphatic rings. The Morgan fingerprint density at radius 1 is 1.04 bits per heavy atom. The van der Waals surface area contributed by atoms with Crippen LogP contribution in [0.5, 0.6) is 23.0 Å². The van der Waals surface area contributed by atoms with Crippen molar-refractivity contribution in [1.29, 1.82) is 0 Å². The molecular formula is C16H16N2O5. The van der Waals surface area contributed by atoms with Crippen molar-refractivity contribution in [2.45, 2.75) is 0 Å². The number of rotatable bonds is 5. The summed E-state index contributed by atoms with van der Waals surface area (Å²) in [6.45, 7) is 0. The van der Waals surface area contributed by atoms with Gasteiger partial charge in [0.05, 0.1) is 20.4 Å². The Bertz CT molecular complexity index is 743. The normalized spacial score (nSPS) is 10.5. The lowest BCUT2D eigenvalue weighted by Crippen LogP contribution is -2.17. The van der Waals surface area contributed by atoms with Crippen LogP contribution in [0.25, 0.3) is 0 Å². The summed E-state index contributed by atoms with van der Waals surface area (Å²) in [6.07, 6.45) is 1.35. The van der Waals surface area contributed by atoms with E-state index in [9.17, 15) is 15.0 Å². The zero-order valence-corrected chi connectivity index (χ0v) is 12.6. The first-order chi connectivity index (χ1) is 11.0. The molecule has 0 radical (unpaired) electrons. The van der Waals surface area contributed by atoms with E-state index in [4.69, 9.17) is 9.47 Å². The second kappa shape index (κ2) is 7.17. The fraction of sp³-hybridized carbons (Fsp3) is 0.125. The average Bonchev–Trinajstić information content (AvgIpc) is 2.57. The van der Waals surface area contributed by atoms with Crippen molar-refractivity contribution < 1.29 is 24.5 Å². The Morgan fingerprint density at radius 2 is 1.78 bits per heavy atom. The first-order valence-corrected chi connectivity index (χ1v) is 6.62. The first kappa shape index (κ1) is 16.2. The number of phenols is 2. The number of hydrogen-bond acceptors (Lipinski definition) is 6. The largest absolute Gasteiger partial charge is 0.504 e. The number of hydrazone groups is 1. The third-order valence-electron chi connectivity index (χ3n) is 3.02. The predicted octanol–water partition coefficient (Wildman–Crippen LogP) is 1.88. The maximum Gasteiger partial charge on any atom is 0.271 e. The zero-order chi connectivity index (χ0) is 16.8. The number of nitrogens with zero attached hydrogens (tertiary/aromatic N) is 1. The highest BCUT2D eigenvalue weighted by Crippen LogP contribution is 2.27. The molecule has 0 atom stereocenters. The van der Waals surface area contributed by atoms with Crippen LogP contribution in [0.2, 0.25) is 0 Å². The second-order valence-electron chi connectivity index (χ2n) is 4.52. The maximum absolute atomic E-state index is 12.0. The molecule has 2 rings (SSSR count). The third kappa shape index (κ3) is 3.91. The van der Waals surface area contributed by atoms with Gasteiger partial charge in [-0.05, 0) is 42.0 Å². The molecule has 120 valence electrons. The van der Waals surface area contributed by atoms with E-state index in [1.165, 1.54) is 38.6 Å². The molecule has 2 aromatic carbocycles. The van der Waals surface area contributed by atoms with E-state index < -0.39 is 5.91 Å². The summed E-state index contributed by atoms with van der Waals surface area (Å²) in [4.78, 5) is 12.0. The van der Waals surface area contributed by atoms with Crippen LogP contribution in [0.4, 0.5) is 0 Å². The van der Waals surface area contributed by atoms with Gasteiger partial charge in [-0.2, -0.15) is 5.10 Å². The van der Waals surface area contributed by atoms with Crippen LogP contribution in [0.15, 0.2) is 41.5 Å². The van der Waals surface area contributed by atoms with Crippen LogP contribution in [-0.2, 0) is 0 Å². The topological polar surface area (TPSA) is 100 Å². The Hall–Kier alpha value is -3.22. The lowest BCUT2D eigenvalue weighted by Gasteiger charge is -2.08. The monoisotopic (exact) mass is 316 g/mol. The Balaban J connectivity index is 2.07. The molecule has 7 heteroatoms. The van der Waals surface area contributed by atoms with Crippen LogP contribution in [-0.4, -0.2) is 36.6 Å². The van der Waals surface area contributed by atoms with E-state index in [0.717, 1.165) is 0 Å². The molecule has 0 saturated heterocycles. The highest BCUT2D eigenvalue weighted by atomic mass is 16.5. The van der Waals surface area contributed by atoms with Crippen LogP contribution in [0, 0.1) is 0 Å². The Kier molecular flexibility index (Phi) is 5.03. The van der Waals surface area contributed by atoms with Gasteiger partial charge in [0.2, 0.25) is 0 Å². The smallest absolute Gasteiger partial charge is 0.271 e. The molecule has 0 aliphatic heterocycles. The summed E-state index contributed by atoms with van der Waals surface area (Å²) in [6, 6.07) is 8.93. The van der Waals surface area contributed by atoms with Crippen molar-refractivity contribution in [3.05, 3.63) is 47.5 Å². The molecule has 0 heterocycles. The second-order valence-corrected chi connectivity index (χ2v) is 4.52. The van der Waals surface area contributed by atoms with Crippen molar-refractivity contribution in [1.82, 2.24) is 5.43 Å². The van der Waals surface area contributed by atoms with Gasteiger partial charge in [0.1, 0.15) is 0 Å². The lowest BCUT2D eigenvalue weighted by atomic mass is 10.2.